The molecule has 6 heteroatoms. The number of halogens is 1. The average molecular weight is 293 g/mol. The van der Waals surface area contributed by atoms with Gasteiger partial charge in [0.15, 0.2) is 0 Å². The Hall–Kier alpha value is -2.24. The number of amides is 2. The first-order chi connectivity index (χ1) is 10.0. The zero-order valence-electron chi connectivity index (χ0n) is 11.6. The number of carbonyl (C=O) groups excluding carboxylic acids is 3. The van der Waals surface area contributed by atoms with E-state index in [1.807, 2.05) is 0 Å². The molecule has 5 nitrogen and oxygen atoms in total. The van der Waals surface area contributed by atoms with Crippen molar-refractivity contribution in [3.05, 3.63) is 35.6 Å². The number of carbonyl (C=O) groups is 3. The summed E-state index contributed by atoms with van der Waals surface area (Å²) in [6.45, 7) is 1.82. The van der Waals surface area contributed by atoms with E-state index in [-0.39, 0.29) is 18.8 Å². The fourth-order valence-corrected chi connectivity index (χ4v) is 2.48. The van der Waals surface area contributed by atoms with Crippen molar-refractivity contribution < 1.29 is 23.5 Å². The Morgan fingerprint density at radius 3 is 2.62 bits per heavy atom. The summed E-state index contributed by atoms with van der Waals surface area (Å²) in [7, 11) is 0. The average Bonchev–Trinajstić information content (AvgIpc) is 2.41. The molecule has 1 heterocycles. The van der Waals surface area contributed by atoms with Gasteiger partial charge in [-0.2, -0.15) is 0 Å². The first kappa shape index (κ1) is 15.2. The number of benzene rings is 1. The molecule has 1 saturated heterocycles. The second-order valence-corrected chi connectivity index (χ2v) is 4.94. The minimum absolute atomic E-state index is 0.0621. The molecular formula is C15H16FNO4. The van der Waals surface area contributed by atoms with Crippen LogP contribution < -0.4 is 5.32 Å². The van der Waals surface area contributed by atoms with E-state index in [0.717, 1.165) is 5.56 Å². The number of rotatable bonds is 4. The number of piperidine rings is 1. The van der Waals surface area contributed by atoms with Gasteiger partial charge in [-0.05, 0) is 37.0 Å². The lowest BCUT2D eigenvalue weighted by molar-refractivity contribution is -0.157. The molecule has 1 fully saturated rings. The van der Waals surface area contributed by atoms with Crippen LogP contribution in [0.3, 0.4) is 0 Å². The maximum Gasteiger partial charge on any atom is 0.318 e. The van der Waals surface area contributed by atoms with Crippen LogP contribution in [-0.4, -0.2) is 24.4 Å². The van der Waals surface area contributed by atoms with Gasteiger partial charge in [0.25, 0.3) is 0 Å². The molecular weight excluding hydrogens is 277 g/mol. The highest BCUT2D eigenvalue weighted by Crippen LogP contribution is 2.26. The molecule has 2 amide bonds. The van der Waals surface area contributed by atoms with Crippen LogP contribution in [0.25, 0.3) is 0 Å². The fraction of sp³-hybridized carbons (Fsp3) is 0.400. The lowest BCUT2D eigenvalue weighted by atomic mass is 9.81. The van der Waals surface area contributed by atoms with Gasteiger partial charge < -0.3 is 4.74 Å². The normalized spacial score (nSPS) is 21.8. The van der Waals surface area contributed by atoms with E-state index in [1.54, 1.807) is 19.1 Å². The summed E-state index contributed by atoms with van der Waals surface area (Å²) >= 11 is 0. The van der Waals surface area contributed by atoms with Gasteiger partial charge in [-0.15, -0.1) is 0 Å². The van der Waals surface area contributed by atoms with Crippen molar-refractivity contribution in [1.29, 1.82) is 0 Å². The van der Waals surface area contributed by atoms with E-state index in [1.165, 1.54) is 12.1 Å². The number of hydrogen-bond acceptors (Lipinski definition) is 4. The van der Waals surface area contributed by atoms with Crippen molar-refractivity contribution in [2.45, 2.75) is 19.8 Å². The molecule has 0 radical (unpaired) electrons. The van der Waals surface area contributed by atoms with Crippen molar-refractivity contribution >= 4 is 17.8 Å². The molecule has 0 bridgehead atoms. The number of ether oxygens (including phenoxy) is 1. The Morgan fingerprint density at radius 2 is 2.00 bits per heavy atom. The van der Waals surface area contributed by atoms with Gasteiger partial charge in [-0.3, -0.25) is 19.7 Å². The van der Waals surface area contributed by atoms with Gasteiger partial charge in [0.05, 0.1) is 6.61 Å². The summed E-state index contributed by atoms with van der Waals surface area (Å²) in [5.41, 5.74) is 0.762. The Balaban J connectivity index is 2.19. The van der Waals surface area contributed by atoms with Gasteiger partial charge in [-0.1, -0.05) is 12.1 Å². The van der Waals surface area contributed by atoms with Crippen LogP contribution >= 0.6 is 0 Å². The lowest BCUT2D eigenvalue weighted by Crippen LogP contribution is -2.50. The van der Waals surface area contributed by atoms with E-state index >= 15 is 0 Å². The maximum atomic E-state index is 12.9. The second-order valence-electron chi connectivity index (χ2n) is 4.94. The minimum Gasteiger partial charge on any atom is -0.465 e. The van der Waals surface area contributed by atoms with Crippen molar-refractivity contribution in [1.82, 2.24) is 5.32 Å². The molecule has 0 aromatic heterocycles. The minimum atomic E-state index is -1.01. The van der Waals surface area contributed by atoms with Gasteiger partial charge in [0.2, 0.25) is 11.8 Å². The quantitative estimate of drug-likeness (QED) is 0.514. The van der Waals surface area contributed by atoms with E-state index in [2.05, 4.69) is 5.32 Å². The third-order valence-electron chi connectivity index (χ3n) is 3.42. The van der Waals surface area contributed by atoms with Gasteiger partial charge >= 0.3 is 5.97 Å². The Labute approximate surface area is 121 Å². The van der Waals surface area contributed by atoms with Crippen molar-refractivity contribution in [3.8, 4) is 0 Å². The molecule has 1 aliphatic heterocycles. The first-order valence-electron chi connectivity index (χ1n) is 6.76. The zero-order valence-corrected chi connectivity index (χ0v) is 11.6. The standard InChI is InChI=1S/C15H16FNO4/c1-2-21-15(20)13-10(8-12(18)17-14(13)19)7-9-3-5-11(16)6-4-9/h3-6,10,13H,2,7-8H2,1H3,(H,17,18,19). The van der Waals surface area contributed by atoms with Crippen LogP contribution in [0.2, 0.25) is 0 Å². The summed E-state index contributed by atoms with van der Waals surface area (Å²) in [5, 5.41) is 2.15. The van der Waals surface area contributed by atoms with Crippen LogP contribution in [0.1, 0.15) is 18.9 Å². The van der Waals surface area contributed by atoms with Crippen molar-refractivity contribution in [2.24, 2.45) is 11.8 Å². The van der Waals surface area contributed by atoms with Crippen LogP contribution in [0.15, 0.2) is 24.3 Å². The fourth-order valence-electron chi connectivity index (χ4n) is 2.48. The molecule has 112 valence electrons. The highest BCUT2D eigenvalue weighted by Gasteiger charge is 2.41. The molecule has 1 aromatic carbocycles. The third kappa shape index (κ3) is 3.65. The topological polar surface area (TPSA) is 72.5 Å². The molecule has 2 atom stereocenters. The molecule has 1 aromatic rings. The highest BCUT2D eigenvalue weighted by atomic mass is 19.1. The molecule has 0 saturated carbocycles. The van der Waals surface area contributed by atoms with E-state index < -0.39 is 29.6 Å². The van der Waals surface area contributed by atoms with Crippen molar-refractivity contribution in [2.75, 3.05) is 6.61 Å². The maximum absolute atomic E-state index is 12.9. The smallest absolute Gasteiger partial charge is 0.318 e. The SMILES string of the molecule is CCOC(=O)C1C(=O)NC(=O)CC1Cc1ccc(F)cc1. The molecule has 0 aliphatic carbocycles. The zero-order chi connectivity index (χ0) is 15.4. The molecule has 1 aliphatic rings. The summed E-state index contributed by atoms with van der Waals surface area (Å²) in [4.78, 5) is 35.3. The predicted molar refractivity (Wildman–Crippen MR) is 71.5 cm³/mol. The lowest BCUT2D eigenvalue weighted by Gasteiger charge is -2.28. The second kappa shape index (κ2) is 6.47. The molecule has 1 N–H and O–H groups in total. The molecule has 2 rings (SSSR count). The van der Waals surface area contributed by atoms with Crippen LogP contribution in [-0.2, 0) is 25.5 Å². The van der Waals surface area contributed by atoms with Crippen molar-refractivity contribution in [3.63, 3.8) is 0 Å². The van der Waals surface area contributed by atoms with Gasteiger partial charge in [0.1, 0.15) is 11.7 Å². The highest BCUT2D eigenvalue weighted by molar-refractivity contribution is 6.07. The predicted octanol–water partition coefficient (Wildman–Crippen LogP) is 1.21. The van der Waals surface area contributed by atoms with E-state index in [9.17, 15) is 18.8 Å². The van der Waals surface area contributed by atoms with Crippen LogP contribution in [0.5, 0.6) is 0 Å². The molecule has 21 heavy (non-hydrogen) atoms. The summed E-state index contributed by atoms with van der Waals surface area (Å²) in [6.07, 6.45) is 0.398. The number of esters is 1. The van der Waals surface area contributed by atoms with Crippen LogP contribution in [0.4, 0.5) is 4.39 Å². The summed E-state index contributed by atoms with van der Waals surface area (Å²) in [6, 6.07) is 5.77. The monoisotopic (exact) mass is 293 g/mol. The Morgan fingerprint density at radius 1 is 1.33 bits per heavy atom. The van der Waals surface area contributed by atoms with E-state index in [4.69, 9.17) is 4.74 Å². The van der Waals surface area contributed by atoms with Crippen LogP contribution in [0, 0.1) is 17.7 Å². The van der Waals surface area contributed by atoms with E-state index in [0.29, 0.717) is 6.42 Å². The third-order valence-corrected chi connectivity index (χ3v) is 3.42. The summed E-state index contributed by atoms with van der Waals surface area (Å²) in [5.74, 6) is -3.51. The number of hydrogen-bond donors (Lipinski definition) is 1. The Kier molecular flexibility index (Phi) is 4.67. The molecule has 0 spiro atoms. The Bertz CT molecular complexity index is 555. The summed E-state index contributed by atoms with van der Waals surface area (Å²) < 4.78 is 17.8. The first-order valence-corrected chi connectivity index (χ1v) is 6.76. The number of imide groups is 1. The van der Waals surface area contributed by atoms with Gasteiger partial charge in [0, 0.05) is 6.42 Å². The van der Waals surface area contributed by atoms with Gasteiger partial charge in [-0.25, -0.2) is 4.39 Å². The largest absolute Gasteiger partial charge is 0.465 e. The molecule has 2 unspecified atom stereocenters. The number of nitrogens with one attached hydrogen (secondary N) is 1.